The first-order chi connectivity index (χ1) is 4.34. The minimum atomic E-state index is -0.831. The van der Waals surface area contributed by atoms with Crippen molar-refractivity contribution in [2.75, 3.05) is 11.7 Å². The first-order valence-electron chi connectivity index (χ1n) is 3.18. The van der Waals surface area contributed by atoms with Gasteiger partial charge in [-0.25, -0.2) is 0 Å². The first kappa shape index (κ1) is 7.49. The molecule has 0 radical (unpaired) electrons. The summed E-state index contributed by atoms with van der Waals surface area (Å²) < 4.78 is 0. The molecule has 4 heteroatoms. The molecule has 0 aromatic heterocycles. The summed E-state index contributed by atoms with van der Waals surface area (Å²) in [6.45, 7) is 0.955. The molecule has 0 aromatic carbocycles. The third kappa shape index (κ3) is 1.91. The molecular formula is C5H8ClNOZn. The monoisotopic (exact) mass is 197 g/mol. The summed E-state index contributed by atoms with van der Waals surface area (Å²) in [5, 5.41) is 0.910. The van der Waals surface area contributed by atoms with E-state index in [0.717, 1.165) is 24.5 Å². The van der Waals surface area contributed by atoms with E-state index in [1.165, 1.54) is 0 Å². The second-order valence-corrected chi connectivity index (χ2v) is 5.87. The Morgan fingerprint density at radius 2 is 2.56 bits per heavy atom. The van der Waals surface area contributed by atoms with Gasteiger partial charge in [-0.15, -0.1) is 0 Å². The van der Waals surface area contributed by atoms with Crippen molar-refractivity contribution in [1.82, 2.24) is 4.90 Å². The average Bonchev–Trinajstić information content (AvgIpc) is 2.18. The van der Waals surface area contributed by atoms with E-state index in [1.54, 1.807) is 0 Å². The molecule has 0 aliphatic carbocycles. The van der Waals surface area contributed by atoms with Crippen molar-refractivity contribution in [1.29, 1.82) is 0 Å². The zero-order valence-electron chi connectivity index (χ0n) is 5.27. The van der Waals surface area contributed by atoms with Crippen LogP contribution in [0.3, 0.4) is 0 Å². The molecule has 0 N–H and O–H groups in total. The van der Waals surface area contributed by atoms with E-state index in [2.05, 4.69) is 0 Å². The van der Waals surface area contributed by atoms with Crippen molar-refractivity contribution in [2.24, 2.45) is 0 Å². The van der Waals surface area contributed by atoms with Crippen LogP contribution in [0.4, 0.5) is 0 Å². The molecule has 9 heavy (non-hydrogen) atoms. The van der Waals surface area contributed by atoms with Crippen LogP contribution in [-0.4, -0.2) is 22.5 Å². The van der Waals surface area contributed by atoms with Crippen molar-refractivity contribution in [2.45, 2.75) is 12.8 Å². The molecule has 1 saturated heterocycles. The van der Waals surface area contributed by atoms with E-state index >= 15 is 0 Å². The fraction of sp³-hybridized carbons (Fsp3) is 0.800. The van der Waals surface area contributed by atoms with Crippen molar-refractivity contribution in [3.63, 3.8) is 0 Å². The first-order valence-corrected chi connectivity index (χ1v) is 9.18. The maximum atomic E-state index is 10.9. The van der Waals surface area contributed by atoms with E-state index in [9.17, 15) is 4.79 Å². The van der Waals surface area contributed by atoms with Crippen LogP contribution in [-0.2, 0) is 20.9 Å². The molecule has 48 valence electrons. The van der Waals surface area contributed by atoms with Crippen molar-refractivity contribution in [3.05, 3.63) is 0 Å². The normalized spacial score (nSPS) is 18.3. The molecule has 1 aliphatic heterocycles. The number of nitrogens with zero attached hydrogens (tertiary/aromatic N) is 1. The quantitative estimate of drug-likeness (QED) is 0.602. The van der Waals surface area contributed by atoms with E-state index in [1.807, 2.05) is 4.90 Å². The Hall–Kier alpha value is 0.383. The van der Waals surface area contributed by atoms with Gasteiger partial charge in [-0.3, -0.25) is 0 Å². The zero-order valence-corrected chi connectivity index (χ0v) is 8.99. The zero-order chi connectivity index (χ0) is 6.69. The van der Waals surface area contributed by atoms with Crippen LogP contribution in [0.25, 0.3) is 0 Å². The summed E-state index contributed by atoms with van der Waals surface area (Å²) in [7, 11) is 5.64. The minimum absolute atomic E-state index is 0.307. The van der Waals surface area contributed by atoms with Gasteiger partial charge in [0.1, 0.15) is 0 Å². The van der Waals surface area contributed by atoms with Gasteiger partial charge in [0, 0.05) is 0 Å². The van der Waals surface area contributed by atoms with Crippen LogP contribution in [0, 0.1) is 0 Å². The van der Waals surface area contributed by atoms with E-state index in [-0.39, 0.29) is 0 Å². The van der Waals surface area contributed by atoms with Crippen LogP contribution < -0.4 is 0 Å². The number of likely N-dealkylation sites (tertiary alicyclic amines) is 1. The van der Waals surface area contributed by atoms with E-state index < -0.39 is 16.1 Å². The van der Waals surface area contributed by atoms with Gasteiger partial charge in [0.15, 0.2) is 0 Å². The SMILES string of the molecule is O=C1CCCN1[CH2][Zn][Cl]. The summed E-state index contributed by atoms with van der Waals surface area (Å²) in [4.78, 5) is 12.8. The van der Waals surface area contributed by atoms with Gasteiger partial charge in [0.2, 0.25) is 0 Å². The molecule has 0 aromatic rings. The predicted molar refractivity (Wildman–Crippen MR) is 31.7 cm³/mol. The Labute approximate surface area is 66.2 Å². The number of rotatable bonds is 2. The molecule has 2 nitrogen and oxygen atoms in total. The van der Waals surface area contributed by atoms with Gasteiger partial charge in [-0.2, -0.15) is 0 Å². The third-order valence-corrected chi connectivity index (χ3v) is 3.89. The molecule has 0 spiro atoms. The topological polar surface area (TPSA) is 20.3 Å². The Morgan fingerprint density at radius 1 is 1.78 bits per heavy atom. The number of amides is 1. The van der Waals surface area contributed by atoms with Gasteiger partial charge >= 0.3 is 66.0 Å². The Balaban J connectivity index is 2.31. The molecule has 1 rings (SSSR count). The van der Waals surface area contributed by atoms with E-state index in [0.29, 0.717) is 5.91 Å². The number of carbonyl (C=O) groups excluding carboxylic acids is 1. The Kier molecular flexibility index (Phi) is 2.94. The standard InChI is InChI=1S/C5H8NO.ClH.Zn/c1-6-4-2-3-5(6)7;;/h1-4H2;1H;/q;;+1/p-1. The molecular weight excluding hydrogens is 191 g/mol. The maximum absolute atomic E-state index is 10.9. The van der Waals surface area contributed by atoms with Gasteiger partial charge < -0.3 is 0 Å². The van der Waals surface area contributed by atoms with Crippen LogP contribution >= 0.6 is 9.69 Å². The number of hydrogen-bond donors (Lipinski definition) is 0. The van der Waals surface area contributed by atoms with Crippen molar-refractivity contribution in [3.8, 4) is 0 Å². The van der Waals surface area contributed by atoms with Crippen molar-refractivity contribution >= 4 is 15.6 Å². The Bertz CT molecular complexity index is 120. The Morgan fingerprint density at radius 3 is 3.00 bits per heavy atom. The third-order valence-electron chi connectivity index (χ3n) is 1.53. The number of hydrogen-bond acceptors (Lipinski definition) is 1. The van der Waals surface area contributed by atoms with Crippen molar-refractivity contribution < 1.29 is 20.9 Å². The number of carbonyl (C=O) groups is 1. The summed E-state index contributed by atoms with van der Waals surface area (Å²) >= 11 is -0.831. The van der Waals surface area contributed by atoms with Crippen LogP contribution in [0.15, 0.2) is 0 Å². The van der Waals surface area contributed by atoms with Gasteiger partial charge in [-0.1, -0.05) is 0 Å². The average molecular weight is 199 g/mol. The molecule has 0 saturated carbocycles. The summed E-state index contributed by atoms with van der Waals surface area (Å²) in [6.07, 6.45) is 1.79. The van der Waals surface area contributed by atoms with Gasteiger partial charge in [0.05, 0.1) is 0 Å². The van der Waals surface area contributed by atoms with E-state index in [4.69, 9.17) is 9.69 Å². The number of halogens is 1. The molecule has 1 aliphatic rings. The second kappa shape index (κ2) is 3.53. The fourth-order valence-electron chi connectivity index (χ4n) is 1.04. The summed E-state index contributed by atoms with van der Waals surface area (Å²) in [5.41, 5.74) is 0. The molecule has 1 amide bonds. The predicted octanol–water partition coefficient (Wildman–Crippen LogP) is 0.803. The summed E-state index contributed by atoms with van der Waals surface area (Å²) in [6, 6.07) is 0. The van der Waals surface area contributed by atoms with Gasteiger partial charge in [0.25, 0.3) is 0 Å². The fourth-order valence-corrected chi connectivity index (χ4v) is 3.52. The molecule has 0 atom stereocenters. The molecule has 1 heterocycles. The molecule has 0 bridgehead atoms. The van der Waals surface area contributed by atoms with Crippen LogP contribution in [0.5, 0.6) is 0 Å². The summed E-state index contributed by atoms with van der Waals surface area (Å²) in [5.74, 6) is 0.307. The molecule has 1 fully saturated rings. The van der Waals surface area contributed by atoms with Gasteiger partial charge in [-0.05, 0) is 0 Å². The van der Waals surface area contributed by atoms with Crippen LogP contribution in [0.2, 0.25) is 0 Å². The second-order valence-electron chi connectivity index (χ2n) is 2.17. The van der Waals surface area contributed by atoms with Crippen LogP contribution in [0.1, 0.15) is 12.8 Å². The molecule has 0 unspecified atom stereocenters.